The monoisotopic (exact) mass is 351 g/mol. The fourth-order valence-electron chi connectivity index (χ4n) is 2.57. The SMILES string of the molecule is CN(Cc1ccccc1)C(=O)OCc1c(-c2ccc(N)cc2)nnn1C. The molecule has 3 aromatic rings. The van der Waals surface area contributed by atoms with Crippen LogP contribution in [0.2, 0.25) is 0 Å². The average molecular weight is 351 g/mol. The second-order valence-electron chi connectivity index (χ2n) is 6.03. The molecule has 0 aliphatic rings. The number of nitrogens with zero attached hydrogens (tertiary/aromatic N) is 4. The first kappa shape index (κ1) is 17.5. The average Bonchev–Trinajstić information content (AvgIpc) is 3.01. The van der Waals surface area contributed by atoms with Crippen molar-refractivity contribution in [1.29, 1.82) is 0 Å². The molecule has 2 N–H and O–H groups in total. The fraction of sp³-hybridized carbons (Fsp3) is 0.211. The molecule has 0 radical (unpaired) electrons. The molecule has 2 aromatic carbocycles. The summed E-state index contributed by atoms with van der Waals surface area (Å²) >= 11 is 0. The molecule has 0 aliphatic carbocycles. The second-order valence-corrected chi connectivity index (χ2v) is 6.03. The van der Waals surface area contributed by atoms with Gasteiger partial charge in [-0.15, -0.1) is 5.10 Å². The van der Waals surface area contributed by atoms with Gasteiger partial charge < -0.3 is 15.4 Å². The third-order valence-corrected chi connectivity index (χ3v) is 4.03. The molecule has 3 rings (SSSR count). The van der Waals surface area contributed by atoms with Crippen LogP contribution in [0.4, 0.5) is 10.5 Å². The maximum absolute atomic E-state index is 12.3. The van der Waals surface area contributed by atoms with Crippen molar-refractivity contribution in [2.75, 3.05) is 12.8 Å². The number of nitrogen functional groups attached to an aromatic ring is 1. The first-order valence-corrected chi connectivity index (χ1v) is 8.21. The fourth-order valence-corrected chi connectivity index (χ4v) is 2.57. The van der Waals surface area contributed by atoms with Crippen molar-refractivity contribution in [2.45, 2.75) is 13.2 Å². The summed E-state index contributed by atoms with van der Waals surface area (Å²) in [4.78, 5) is 13.8. The Kier molecular flexibility index (Phi) is 5.17. The predicted molar refractivity (Wildman–Crippen MR) is 98.9 cm³/mol. The number of ether oxygens (including phenoxy) is 1. The third kappa shape index (κ3) is 4.00. The number of aromatic nitrogens is 3. The van der Waals surface area contributed by atoms with Gasteiger partial charge in [-0.25, -0.2) is 9.48 Å². The third-order valence-electron chi connectivity index (χ3n) is 4.03. The van der Waals surface area contributed by atoms with Crippen LogP contribution in [0.15, 0.2) is 54.6 Å². The van der Waals surface area contributed by atoms with Crippen LogP contribution >= 0.6 is 0 Å². The van der Waals surface area contributed by atoms with Crippen LogP contribution in [-0.2, 0) is 24.9 Å². The molecule has 0 saturated carbocycles. The van der Waals surface area contributed by atoms with Gasteiger partial charge in [0, 0.05) is 31.9 Å². The van der Waals surface area contributed by atoms with Crippen molar-refractivity contribution in [3.05, 3.63) is 65.9 Å². The lowest BCUT2D eigenvalue weighted by molar-refractivity contribution is 0.101. The van der Waals surface area contributed by atoms with Crippen LogP contribution < -0.4 is 5.73 Å². The number of amides is 1. The van der Waals surface area contributed by atoms with Crippen LogP contribution in [0.1, 0.15) is 11.3 Å². The quantitative estimate of drug-likeness (QED) is 0.714. The van der Waals surface area contributed by atoms with Crippen molar-refractivity contribution in [3.8, 4) is 11.3 Å². The molecule has 0 unspecified atom stereocenters. The van der Waals surface area contributed by atoms with Crippen molar-refractivity contribution in [2.24, 2.45) is 7.05 Å². The van der Waals surface area contributed by atoms with Gasteiger partial charge in [0.25, 0.3) is 0 Å². The number of aryl methyl sites for hydroxylation is 1. The summed E-state index contributed by atoms with van der Waals surface area (Å²) in [6.07, 6.45) is -0.404. The Bertz CT molecular complexity index is 875. The van der Waals surface area contributed by atoms with Gasteiger partial charge >= 0.3 is 6.09 Å². The van der Waals surface area contributed by atoms with Gasteiger partial charge in [0.05, 0.1) is 0 Å². The smallest absolute Gasteiger partial charge is 0.410 e. The minimum atomic E-state index is -0.404. The van der Waals surface area contributed by atoms with Gasteiger partial charge in [-0.3, -0.25) is 0 Å². The first-order chi connectivity index (χ1) is 12.5. The minimum absolute atomic E-state index is 0.0845. The Labute approximate surface area is 152 Å². The van der Waals surface area contributed by atoms with Gasteiger partial charge in [-0.2, -0.15) is 0 Å². The Morgan fingerprint density at radius 1 is 1.15 bits per heavy atom. The van der Waals surface area contributed by atoms with E-state index in [2.05, 4.69) is 10.3 Å². The van der Waals surface area contributed by atoms with E-state index >= 15 is 0 Å². The summed E-state index contributed by atoms with van der Waals surface area (Å²) in [5, 5.41) is 8.21. The van der Waals surface area contributed by atoms with Crippen LogP contribution in [0, 0.1) is 0 Å². The van der Waals surface area contributed by atoms with Crippen molar-refractivity contribution < 1.29 is 9.53 Å². The molecule has 26 heavy (non-hydrogen) atoms. The summed E-state index contributed by atoms with van der Waals surface area (Å²) in [7, 11) is 3.47. The van der Waals surface area contributed by atoms with Crippen LogP contribution in [0.5, 0.6) is 0 Å². The van der Waals surface area contributed by atoms with Gasteiger partial charge in [0.2, 0.25) is 0 Å². The van der Waals surface area contributed by atoms with Gasteiger partial charge in [0.1, 0.15) is 18.0 Å². The Hall–Kier alpha value is -3.35. The van der Waals surface area contributed by atoms with Crippen molar-refractivity contribution in [3.63, 3.8) is 0 Å². The van der Waals surface area contributed by atoms with Crippen molar-refractivity contribution in [1.82, 2.24) is 19.9 Å². The largest absolute Gasteiger partial charge is 0.443 e. The molecule has 0 bridgehead atoms. The zero-order chi connectivity index (χ0) is 18.5. The van der Waals surface area contributed by atoms with Crippen molar-refractivity contribution >= 4 is 11.8 Å². The van der Waals surface area contributed by atoms with E-state index in [1.54, 1.807) is 30.9 Å². The summed E-state index contributed by atoms with van der Waals surface area (Å²) in [6, 6.07) is 17.1. The Morgan fingerprint density at radius 2 is 1.85 bits per heavy atom. The molecular weight excluding hydrogens is 330 g/mol. The van der Waals surface area contributed by atoms with Crippen LogP contribution in [0.25, 0.3) is 11.3 Å². The van der Waals surface area contributed by atoms with E-state index in [1.165, 1.54) is 4.90 Å². The number of anilines is 1. The molecule has 0 fully saturated rings. The number of hydrogen-bond acceptors (Lipinski definition) is 5. The zero-order valence-corrected chi connectivity index (χ0v) is 14.8. The second kappa shape index (κ2) is 7.69. The number of benzene rings is 2. The molecule has 7 nitrogen and oxygen atoms in total. The lowest BCUT2D eigenvalue weighted by Crippen LogP contribution is -2.27. The highest BCUT2D eigenvalue weighted by atomic mass is 16.6. The number of carbonyl (C=O) groups excluding carboxylic acids is 1. The topological polar surface area (TPSA) is 86.3 Å². The lowest BCUT2D eigenvalue weighted by Gasteiger charge is -2.17. The van der Waals surface area contributed by atoms with Gasteiger partial charge in [0.15, 0.2) is 0 Å². The molecule has 1 amide bonds. The van der Waals surface area contributed by atoms with E-state index in [-0.39, 0.29) is 6.61 Å². The Morgan fingerprint density at radius 3 is 2.54 bits per heavy atom. The molecule has 0 saturated heterocycles. The van der Waals surface area contributed by atoms with E-state index in [1.807, 2.05) is 42.5 Å². The summed E-state index contributed by atoms with van der Waals surface area (Å²) in [6.45, 7) is 0.565. The molecule has 7 heteroatoms. The highest BCUT2D eigenvalue weighted by Crippen LogP contribution is 2.22. The van der Waals surface area contributed by atoms with E-state index in [0.29, 0.717) is 17.9 Å². The van der Waals surface area contributed by atoms with E-state index in [0.717, 1.165) is 16.8 Å². The number of nitrogens with two attached hydrogens (primary N) is 1. The Balaban J connectivity index is 1.67. The highest BCUT2D eigenvalue weighted by molar-refractivity contribution is 5.68. The molecule has 134 valence electrons. The molecule has 0 atom stereocenters. The minimum Gasteiger partial charge on any atom is -0.443 e. The molecular formula is C19H21N5O2. The van der Waals surface area contributed by atoms with Crippen LogP contribution in [0.3, 0.4) is 0 Å². The maximum Gasteiger partial charge on any atom is 0.410 e. The first-order valence-electron chi connectivity index (χ1n) is 8.21. The number of hydrogen-bond donors (Lipinski definition) is 1. The van der Waals surface area contributed by atoms with E-state index in [9.17, 15) is 4.79 Å². The van der Waals surface area contributed by atoms with Gasteiger partial charge in [-0.1, -0.05) is 47.7 Å². The van der Waals surface area contributed by atoms with E-state index in [4.69, 9.17) is 10.5 Å². The molecule has 0 spiro atoms. The predicted octanol–water partition coefficient (Wildman–Crippen LogP) is 2.83. The lowest BCUT2D eigenvalue weighted by atomic mass is 10.1. The normalized spacial score (nSPS) is 10.5. The summed E-state index contributed by atoms with van der Waals surface area (Å²) in [5.74, 6) is 0. The zero-order valence-electron chi connectivity index (χ0n) is 14.8. The number of carbonyl (C=O) groups is 1. The molecule has 1 heterocycles. The standard InChI is InChI=1S/C19H21N5O2/c1-23(12-14-6-4-3-5-7-14)19(25)26-13-17-18(21-22-24(17)2)15-8-10-16(20)11-9-15/h3-11H,12-13,20H2,1-2H3. The highest BCUT2D eigenvalue weighted by Gasteiger charge is 2.17. The molecule has 0 aliphatic heterocycles. The number of rotatable bonds is 5. The van der Waals surface area contributed by atoms with Crippen LogP contribution in [-0.4, -0.2) is 33.0 Å². The maximum atomic E-state index is 12.3. The van der Waals surface area contributed by atoms with E-state index < -0.39 is 6.09 Å². The molecule has 1 aromatic heterocycles. The summed E-state index contributed by atoms with van der Waals surface area (Å²) < 4.78 is 7.06. The summed E-state index contributed by atoms with van der Waals surface area (Å²) in [5.41, 5.74) is 9.70. The van der Waals surface area contributed by atoms with Gasteiger partial charge in [-0.05, 0) is 17.7 Å².